The van der Waals surface area contributed by atoms with E-state index < -0.39 is 6.10 Å². The molecular weight excluding hydrogens is 436 g/mol. The Morgan fingerprint density at radius 2 is 2.03 bits per heavy atom. The van der Waals surface area contributed by atoms with E-state index in [1.165, 1.54) is 12.8 Å². The highest BCUT2D eigenvalue weighted by Gasteiger charge is 2.44. The van der Waals surface area contributed by atoms with E-state index in [0.29, 0.717) is 16.5 Å². The number of piperidine rings is 3. The fraction of sp³-hybridized carbons (Fsp3) is 0.407. The zero-order chi connectivity index (χ0) is 22.9. The van der Waals surface area contributed by atoms with Crippen LogP contribution in [0.25, 0.3) is 10.9 Å². The molecule has 0 saturated carbocycles. The van der Waals surface area contributed by atoms with Crippen LogP contribution in [0.5, 0.6) is 5.75 Å². The summed E-state index contributed by atoms with van der Waals surface area (Å²) < 4.78 is 11.8. The van der Waals surface area contributed by atoms with E-state index in [4.69, 9.17) is 21.1 Å². The first-order valence-electron chi connectivity index (χ1n) is 11.7. The van der Waals surface area contributed by atoms with Crippen LogP contribution in [0, 0.1) is 11.8 Å². The molecule has 3 fully saturated rings. The van der Waals surface area contributed by atoms with Crippen molar-refractivity contribution in [2.24, 2.45) is 11.8 Å². The molecule has 2 aromatic carbocycles. The van der Waals surface area contributed by atoms with Crippen molar-refractivity contribution in [1.29, 1.82) is 0 Å². The molecule has 3 saturated heterocycles. The van der Waals surface area contributed by atoms with Gasteiger partial charge in [-0.25, -0.2) is 4.79 Å². The van der Waals surface area contributed by atoms with Gasteiger partial charge in [-0.1, -0.05) is 24.9 Å². The van der Waals surface area contributed by atoms with Crippen LogP contribution in [-0.4, -0.2) is 42.1 Å². The smallest absolute Gasteiger partial charge is 0.338 e. The van der Waals surface area contributed by atoms with Crippen LogP contribution < -0.4 is 4.74 Å². The van der Waals surface area contributed by atoms with E-state index >= 15 is 0 Å². The van der Waals surface area contributed by atoms with Gasteiger partial charge in [0.15, 0.2) is 0 Å². The van der Waals surface area contributed by atoms with Gasteiger partial charge in [0.25, 0.3) is 0 Å². The minimum atomic E-state index is -0.397. The first kappa shape index (κ1) is 22.2. The predicted octanol–water partition coefficient (Wildman–Crippen LogP) is 5.92. The van der Waals surface area contributed by atoms with Crippen molar-refractivity contribution in [3.8, 4) is 5.75 Å². The summed E-state index contributed by atoms with van der Waals surface area (Å²) in [6, 6.07) is 14.9. The van der Waals surface area contributed by atoms with E-state index in [2.05, 4.69) is 16.8 Å². The zero-order valence-electron chi connectivity index (χ0n) is 19.0. The number of carbonyl (C=O) groups excluding carboxylic acids is 1. The summed E-state index contributed by atoms with van der Waals surface area (Å²) >= 11 is 6.03. The molecule has 0 N–H and O–H groups in total. The van der Waals surface area contributed by atoms with Crippen molar-refractivity contribution in [2.75, 3.05) is 20.2 Å². The fourth-order valence-corrected chi connectivity index (χ4v) is 5.72. The summed E-state index contributed by atoms with van der Waals surface area (Å²) in [4.78, 5) is 20.3. The average Bonchev–Trinajstić information content (AvgIpc) is 2.87. The molecule has 3 aliphatic rings. The van der Waals surface area contributed by atoms with Crippen LogP contribution in [0.3, 0.4) is 0 Å². The van der Waals surface area contributed by atoms with Crippen molar-refractivity contribution >= 4 is 28.5 Å². The number of methoxy groups -OCH3 is 1. The molecular formula is C27H29ClN2O3. The van der Waals surface area contributed by atoms with Crippen molar-refractivity contribution < 1.29 is 14.3 Å². The number of ether oxygens (including phenoxy) is 2. The maximum atomic E-state index is 13.2. The van der Waals surface area contributed by atoms with Gasteiger partial charge in [0.1, 0.15) is 11.9 Å². The van der Waals surface area contributed by atoms with Crippen LogP contribution in [0.15, 0.2) is 54.7 Å². The van der Waals surface area contributed by atoms with Crippen molar-refractivity contribution in [1.82, 2.24) is 9.88 Å². The number of pyridine rings is 1. The molecule has 4 heterocycles. The summed E-state index contributed by atoms with van der Waals surface area (Å²) in [7, 11) is 1.66. The fourth-order valence-electron chi connectivity index (χ4n) is 5.60. The number of carbonyl (C=O) groups is 1. The molecule has 33 heavy (non-hydrogen) atoms. The molecule has 1 unspecified atom stereocenters. The molecule has 5 atom stereocenters. The molecule has 6 heteroatoms. The highest BCUT2D eigenvalue weighted by Crippen LogP contribution is 2.44. The summed E-state index contributed by atoms with van der Waals surface area (Å²) in [5.74, 6) is 1.82. The highest BCUT2D eigenvalue weighted by atomic mass is 35.5. The molecule has 3 aliphatic heterocycles. The Morgan fingerprint density at radius 3 is 2.73 bits per heavy atom. The lowest BCUT2D eigenvalue weighted by Crippen LogP contribution is -2.55. The monoisotopic (exact) mass is 464 g/mol. The van der Waals surface area contributed by atoms with Crippen LogP contribution in [0.4, 0.5) is 0 Å². The second kappa shape index (κ2) is 9.32. The van der Waals surface area contributed by atoms with Gasteiger partial charge < -0.3 is 9.47 Å². The molecule has 0 radical (unpaired) electrons. The first-order chi connectivity index (χ1) is 16.1. The summed E-state index contributed by atoms with van der Waals surface area (Å²) in [5.41, 5.74) is 2.35. The largest absolute Gasteiger partial charge is 0.497 e. The van der Waals surface area contributed by atoms with Gasteiger partial charge in [-0.3, -0.25) is 9.88 Å². The SMILES string of the molecule is CC[C@H]1C[N@@]2CCC1C[C@@H]2[C@@H](OC(=O)c1ccc(Cl)cc1)c1ccnc2ccc(OC)cc12. The van der Waals surface area contributed by atoms with Gasteiger partial charge in [-0.05, 0) is 79.8 Å². The van der Waals surface area contributed by atoms with Crippen molar-refractivity contribution in [2.45, 2.75) is 38.3 Å². The number of aromatic nitrogens is 1. The van der Waals surface area contributed by atoms with Gasteiger partial charge >= 0.3 is 5.97 Å². The van der Waals surface area contributed by atoms with Crippen molar-refractivity contribution in [3.05, 3.63) is 70.9 Å². The Labute approximate surface area is 199 Å². The van der Waals surface area contributed by atoms with Gasteiger partial charge in [0, 0.05) is 28.7 Å². The number of halogens is 1. The summed E-state index contributed by atoms with van der Waals surface area (Å²) in [6.07, 6.45) is 4.85. The molecule has 2 bridgehead atoms. The molecule has 5 nitrogen and oxygen atoms in total. The molecule has 0 aliphatic carbocycles. The zero-order valence-corrected chi connectivity index (χ0v) is 19.8. The molecule has 0 spiro atoms. The number of rotatable bonds is 6. The number of benzene rings is 2. The quantitative estimate of drug-likeness (QED) is 0.424. The summed E-state index contributed by atoms with van der Waals surface area (Å²) in [6.45, 7) is 4.39. The number of hydrogen-bond donors (Lipinski definition) is 0. The Kier molecular flexibility index (Phi) is 6.26. The topological polar surface area (TPSA) is 51.7 Å². The third-order valence-electron chi connectivity index (χ3n) is 7.41. The maximum absolute atomic E-state index is 13.2. The van der Waals surface area contributed by atoms with Gasteiger partial charge in [0.05, 0.1) is 24.2 Å². The van der Waals surface area contributed by atoms with E-state index in [-0.39, 0.29) is 12.0 Å². The lowest BCUT2D eigenvalue weighted by molar-refractivity contribution is -0.0659. The van der Waals surface area contributed by atoms with Crippen LogP contribution in [0.1, 0.15) is 48.2 Å². The molecule has 1 aromatic heterocycles. The van der Waals surface area contributed by atoms with E-state index in [9.17, 15) is 4.79 Å². The number of esters is 1. The van der Waals surface area contributed by atoms with Gasteiger partial charge in [-0.2, -0.15) is 0 Å². The normalized spacial score (nSPS) is 25.1. The lowest BCUT2D eigenvalue weighted by Gasteiger charge is -2.51. The average molecular weight is 465 g/mol. The van der Waals surface area contributed by atoms with E-state index in [0.717, 1.165) is 47.6 Å². The third kappa shape index (κ3) is 4.32. The lowest BCUT2D eigenvalue weighted by atomic mass is 9.72. The maximum Gasteiger partial charge on any atom is 0.338 e. The van der Waals surface area contributed by atoms with Gasteiger partial charge in [-0.15, -0.1) is 0 Å². The highest BCUT2D eigenvalue weighted by molar-refractivity contribution is 6.30. The second-order valence-electron chi connectivity index (χ2n) is 9.13. The van der Waals surface area contributed by atoms with Crippen LogP contribution in [-0.2, 0) is 4.74 Å². The number of hydrogen-bond acceptors (Lipinski definition) is 5. The van der Waals surface area contributed by atoms with Gasteiger partial charge in [0.2, 0.25) is 0 Å². The minimum Gasteiger partial charge on any atom is -0.497 e. The van der Waals surface area contributed by atoms with Crippen LogP contribution >= 0.6 is 11.6 Å². The Balaban J connectivity index is 1.55. The first-order valence-corrected chi connectivity index (χ1v) is 12.1. The van der Waals surface area contributed by atoms with Crippen LogP contribution in [0.2, 0.25) is 5.02 Å². The predicted molar refractivity (Wildman–Crippen MR) is 130 cm³/mol. The number of nitrogens with zero attached hydrogens (tertiary/aromatic N) is 2. The second-order valence-corrected chi connectivity index (χ2v) is 9.57. The number of fused-ring (bicyclic) bond motifs is 4. The third-order valence-corrected chi connectivity index (χ3v) is 7.66. The molecule has 6 rings (SSSR count). The standard InChI is InChI=1S/C27H29ClN2O3/c1-3-17-16-30-13-11-19(17)14-25(30)26(33-27(31)18-4-6-20(28)7-5-18)22-10-12-29-24-9-8-21(32-2)15-23(22)24/h4-10,12,15,17,19,25-26H,3,11,13-14,16H2,1-2H3/t17-,19?,25+,26-/m0/s1. The summed E-state index contributed by atoms with van der Waals surface area (Å²) in [5, 5.41) is 1.55. The Bertz CT molecular complexity index is 1150. The molecule has 3 aromatic rings. The molecule has 0 amide bonds. The Morgan fingerprint density at radius 1 is 1.21 bits per heavy atom. The van der Waals surface area contributed by atoms with E-state index in [1.807, 2.05) is 24.3 Å². The minimum absolute atomic E-state index is 0.139. The van der Waals surface area contributed by atoms with Crippen molar-refractivity contribution in [3.63, 3.8) is 0 Å². The Hall–Kier alpha value is -2.63. The van der Waals surface area contributed by atoms with E-state index in [1.54, 1.807) is 37.6 Å². The molecule has 172 valence electrons.